The van der Waals surface area contributed by atoms with Gasteiger partial charge < -0.3 is 20.7 Å². The molecule has 1 aliphatic rings. The van der Waals surface area contributed by atoms with Crippen molar-refractivity contribution in [1.82, 2.24) is 10.2 Å². The lowest BCUT2D eigenvalue weighted by molar-refractivity contribution is -0.139. The van der Waals surface area contributed by atoms with E-state index in [1.165, 1.54) is 0 Å². The van der Waals surface area contributed by atoms with Crippen LogP contribution in [0, 0.1) is 5.92 Å². The quantitative estimate of drug-likeness (QED) is 0.792. The predicted octanol–water partition coefficient (Wildman–Crippen LogP) is 2.33. The molecule has 1 aliphatic heterocycles. The Hall–Kier alpha value is -1.79. The van der Waals surface area contributed by atoms with Gasteiger partial charge in [-0.05, 0) is 45.7 Å². The van der Waals surface area contributed by atoms with E-state index >= 15 is 0 Å². The number of nitrogens with zero attached hydrogens (tertiary/aromatic N) is 1. The van der Waals surface area contributed by atoms with Crippen molar-refractivity contribution in [3.8, 4) is 5.75 Å². The third-order valence-corrected chi connectivity index (χ3v) is 4.65. The first-order valence-electron chi connectivity index (χ1n) is 8.99. The summed E-state index contributed by atoms with van der Waals surface area (Å²) >= 11 is 6.00. The van der Waals surface area contributed by atoms with Crippen molar-refractivity contribution in [2.24, 2.45) is 11.7 Å². The molecule has 1 aromatic carbocycles. The maximum atomic E-state index is 12.6. The molecule has 2 amide bonds. The number of nitrogens with two attached hydrogens (primary N) is 1. The molecule has 0 aliphatic carbocycles. The van der Waals surface area contributed by atoms with Gasteiger partial charge >= 0.3 is 0 Å². The molecule has 144 valence electrons. The Balaban J connectivity index is 1.97. The highest BCUT2D eigenvalue weighted by Crippen LogP contribution is 2.24. The van der Waals surface area contributed by atoms with Crippen molar-refractivity contribution in [3.63, 3.8) is 0 Å². The van der Waals surface area contributed by atoms with Crippen LogP contribution in [0.15, 0.2) is 18.2 Å². The standard InChI is InChI=1S/C19H28ClN3O3/c1-4-26-16-10-15(20)8-7-13(16)11-22-17(24)14-6-5-9-23(12-14)18(25)19(2,3)21/h7-8,10,14H,4-6,9,11-12,21H2,1-3H3,(H,22,24)/t14-/m1/s1. The molecule has 26 heavy (non-hydrogen) atoms. The minimum absolute atomic E-state index is 0.0604. The fourth-order valence-corrected chi connectivity index (χ4v) is 3.24. The Morgan fingerprint density at radius 3 is 2.81 bits per heavy atom. The van der Waals surface area contributed by atoms with Gasteiger partial charge in [-0.25, -0.2) is 0 Å². The lowest BCUT2D eigenvalue weighted by atomic mass is 9.94. The van der Waals surface area contributed by atoms with Crippen LogP contribution in [0.1, 0.15) is 39.2 Å². The van der Waals surface area contributed by atoms with Gasteiger partial charge in [0.1, 0.15) is 5.75 Å². The van der Waals surface area contributed by atoms with Gasteiger partial charge in [0.25, 0.3) is 0 Å². The molecular weight excluding hydrogens is 354 g/mol. The Morgan fingerprint density at radius 1 is 1.42 bits per heavy atom. The topological polar surface area (TPSA) is 84.7 Å². The summed E-state index contributed by atoms with van der Waals surface area (Å²) in [6.45, 7) is 7.21. The average molecular weight is 382 g/mol. The lowest BCUT2D eigenvalue weighted by Gasteiger charge is -2.35. The summed E-state index contributed by atoms with van der Waals surface area (Å²) in [5.74, 6) is 0.268. The van der Waals surface area contributed by atoms with E-state index in [0.717, 1.165) is 18.4 Å². The second-order valence-electron chi connectivity index (χ2n) is 7.21. The van der Waals surface area contributed by atoms with Crippen LogP contribution in [0.4, 0.5) is 0 Å². The summed E-state index contributed by atoms with van der Waals surface area (Å²) < 4.78 is 5.58. The van der Waals surface area contributed by atoms with Gasteiger partial charge in [-0.1, -0.05) is 17.7 Å². The molecule has 1 atom stereocenters. The molecule has 1 saturated heterocycles. The number of nitrogens with one attached hydrogen (secondary N) is 1. The zero-order valence-electron chi connectivity index (χ0n) is 15.7. The monoisotopic (exact) mass is 381 g/mol. The highest BCUT2D eigenvalue weighted by molar-refractivity contribution is 6.30. The van der Waals surface area contributed by atoms with E-state index in [-0.39, 0.29) is 17.7 Å². The van der Waals surface area contributed by atoms with E-state index in [0.29, 0.717) is 37.0 Å². The Morgan fingerprint density at radius 2 is 2.15 bits per heavy atom. The summed E-state index contributed by atoms with van der Waals surface area (Å²) in [5, 5.41) is 3.55. The number of amides is 2. The first kappa shape index (κ1) is 20.5. The molecule has 0 aromatic heterocycles. The molecule has 6 nitrogen and oxygen atoms in total. The zero-order chi connectivity index (χ0) is 19.3. The minimum Gasteiger partial charge on any atom is -0.493 e. The fourth-order valence-electron chi connectivity index (χ4n) is 3.07. The SMILES string of the molecule is CCOc1cc(Cl)ccc1CNC(=O)[C@@H]1CCCN(C(=O)C(C)(C)N)C1. The molecule has 3 N–H and O–H groups in total. The molecule has 1 aromatic rings. The van der Waals surface area contributed by atoms with Crippen LogP contribution in [0.25, 0.3) is 0 Å². The van der Waals surface area contributed by atoms with Crippen LogP contribution in [0.5, 0.6) is 5.75 Å². The van der Waals surface area contributed by atoms with Crippen LogP contribution in [-0.4, -0.2) is 41.9 Å². The molecule has 0 unspecified atom stereocenters. The van der Waals surface area contributed by atoms with E-state index in [9.17, 15) is 9.59 Å². The fraction of sp³-hybridized carbons (Fsp3) is 0.579. The van der Waals surface area contributed by atoms with Crippen LogP contribution in [0.2, 0.25) is 5.02 Å². The number of ether oxygens (including phenoxy) is 1. The maximum Gasteiger partial charge on any atom is 0.242 e. The Bertz CT molecular complexity index is 658. The molecule has 1 heterocycles. The molecule has 1 fully saturated rings. The molecule has 0 saturated carbocycles. The average Bonchev–Trinajstić information content (AvgIpc) is 2.59. The largest absolute Gasteiger partial charge is 0.493 e. The number of likely N-dealkylation sites (tertiary alicyclic amines) is 1. The van der Waals surface area contributed by atoms with Crippen molar-refractivity contribution in [2.75, 3.05) is 19.7 Å². The third-order valence-electron chi connectivity index (χ3n) is 4.41. The molecule has 0 bridgehead atoms. The van der Waals surface area contributed by atoms with Crippen molar-refractivity contribution >= 4 is 23.4 Å². The van der Waals surface area contributed by atoms with Crippen molar-refractivity contribution in [1.29, 1.82) is 0 Å². The third kappa shape index (κ3) is 5.35. The van der Waals surface area contributed by atoms with E-state index in [4.69, 9.17) is 22.1 Å². The van der Waals surface area contributed by atoms with Crippen molar-refractivity contribution in [2.45, 2.75) is 45.7 Å². The number of rotatable bonds is 6. The van der Waals surface area contributed by atoms with Gasteiger partial charge in [-0.3, -0.25) is 9.59 Å². The van der Waals surface area contributed by atoms with Crippen LogP contribution in [-0.2, 0) is 16.1 Å². The highest BCUT2D eigenvalue weighted by atomic mass is 35.5. The van der Waals surface area contributed by atoms with Gasteiger partial charge in [-0.2, -0.15) is 0 Å². The second-order valence-corrected chi connectivity index (χ2v) is 7.65. The first-order valence-corrected chi connectivity index (χ1v) is 9.37. The highest BCUT2D eigenvalue weighted by Gasteiger charge is 2.33. The van der Waals surface area contributed by atoms with Gasteiger partial charge in [0, 0.05) is 30.2 Å². The van der Waals surface area contributed by atoms with Gasteiger partial charge in [-0.15, -0.1) is 0 Å². The van der Waals surface area contributed by atoms with E-state index in [1.54, 1.807) is 30.9 Å². The number of carbonyl (C=O) groups excluding carboxylic acids is 2. The molecule has 2 rings (SSSR count). The summed E-state index contributed by atoms with van der Waals surface area (Å²) in [4.78, 5) is 26.6. The predicted molar refractivity (Wildman–Crippen MR) is 102 cm³/mol. The van der Waals surface area contributed by atoms with Crippen LogP contribution in [0.3, 0.4) is 0 Å². The van der Waals surface area contributed by atoms with Crippen molar-refractivity contribution in [3.05, 3.63) is 28.8 Å². The summed E-state index contributed by atoms with van der Waals surface area (Å²) in [7, 11) is 0. The van der Waals surface area contributed by atoms with Gasteiger partial charge in [0.15, 0.2) is 0 Å². The normalized spacial score (nSPS) is 17.7. The number of piperidine rings is 1. The number of hydrogen-bond acceptors (Lipinski definition) is 4. The van der Waals surface area contributed by atoms with Crippen LogP contribution >= 0.6 is 11.6 Å². The number of benzene rings is 1. The van der Waals surface area contributed by atoms with Gasteiger partial charge in [0.2, 0.25) is 11.8 Å². The number of carbonyl (C=O) groups is 2. The van der Waals surface area contributed by atoms with Crippen molar-refractivity contribution < 1.29 is 14.3 Å². The zero-order valence-corrected chi connectivity index (χ0v) is 16.4. The summed E-state index contributed by atoms with van der Waals surface area (Å²) in [6.07, 6.45) is 1.56. The maximum absolute atomic E-state index is 12.6. The summed E-state index contributed by atoms with van der Waals surface area (Å²) in [5.41, 5.74) is 5.86. The van der Waals surface area contributed by atoms with E-state index in [1.807, 2.05) is 13.0 Å². The number of halogens is 1. The van der Waals surface area contributed by atoms with Crippen LogP contribution < -0.4 is 15.8 Å². The smallest absolute Gasteiger partial charge is 0.242 e. The van der Waals surface area contributed by atoms with Gasteiger partial charge in [0.05, 0.1) is 18.1 Å². The minimum atomic E-state index is -0.923. The molecular formula is C19H28ClN3O3. The molecule has 0 spiro atoms. The van der Waals surface area contributed by atoms with E-state index < -0.39 is 5.54 Å². The summed E-state index contributed by atoms with van der Waals surface area (Å²) in [6, 6.07) is 5.37. The number of hydrogen-bond donors (Lipinski definition) is 2. The first-order chi connectivity index (χ1) is 12.2. The Labute approximate surface area is 160 Å². The lowest BCUT2D eigenvalue weighted by Crippen LogP contribution is -2.55. The Kier molecular flexibility index (Phi) is 6.89. The van der Waals surface area contributed by atoms with E-state index in [2.05, 4.69) is 5.32 Å². The molecule has 0 radical (unpaired) electrons. The second kappa shape index (κ2) is 8.73. The molecule has 7 heteroatoms.